The van der Waals surface area contributed by atoms with E-state index < -0.39 is 0 Å². The van der Waals surface area contributed by atoms with Gasteiger partial charge in [0.15, 0.2) is 0 Å². The van der Waals surface area contributed by atoms with Crippen LogP contribution < -0.4 is 0 Å². The molecule has 8 bridgehead atoms. The molecule has 2 N–H and O–H groups in total. The van der Waals surface area contributed by atoms with Gasteiger partial charge in [0.05, 0.1) is 34.2 Å². The summed E-state index contributed by atoms with van der Waals surface area (Å²) in [6, 6.07) is 28.0. The molecule has 0 saturated heterocycles. The first-order chi connectivity index (χ1) is 17.8. The predicted molar refractivity (Wildman–Crippen MR) is 146 cm³/mol. The molecule has 36 heavy (non-hydrogen) atoms. The number of nitrogens with one attached hydrogen (secondary N) is 2. The molecule has 5 aromatic heterocycles. The number of H-pyrrole nitrogens is 2. The number of pyridine rings is 2. The molecule has 0 amide bonds. The molecule has 172 valence electrons. The van der Waals surface area contributed by atoms with Gasteiger partial charge in [-0.15, -0.1) is 0 Å². The molecular formula is C30H22N6. The Morgan fingerprint density at radius 3 is 1.08 bits per heavy atom. The van der Waals surface area contributed by atoms with Gasteiger partial charge in [-0.3, -0.25) is 9.97 Å². The van der Waals surface area contributed by atoms with Crippen molar-refractivity contribution in [1.29, 1.82) is 0 Å². The highest BCUT2D eigenvalue weighted by molar-refractivity contribution is 5.77. The quantitative estimate of drug-likeness (QED) is 0.279. The zero-order chi connectivity index (χ0) is 24.2. The summed E-state index contributed by atoms with van der Waals surface area (Å²) in [5.74, 6) is 0. The van der Waals surface area contributed by atoms with Gasteiger partial charge < -0.3 is 9.97 Å². The first kappa shape index (κ1) is 21.4. The number of nitrogens with zero attached hydrogens (tertiary/aromatic N) is 4. The van der Waals surface area contributed by atoms with E-state index >= 15 is 0 Å². The van der Waals surface area contributed by atoms with Gasteiger partial charge in [-0.1, -0.05) is 12.1 Å². The molecule has 7 heterocycles. The van der Waals surface area contributed by atoms with Crippen LogP contribution >= 0.6 is 0 Å². The van der Waals surface area contributed by atoms with E-state index in [4.69, 9.17) is 0 Å². The Bertz CT molecular complexity index is 1520. The lowest BCUT2D eigenvalue weighted by atomic mass is 10.2. The Morgan fingerprint density at radius 2 is 0.778 bits per heavy atom. The Labute approximate surface area is 207 Å². The van der Waals surface area contributed by atoms with E-state index in [1.807, 2.05) is 85.0 Å². The first-order valence-electron chi connectivity index (χ1n) is 11.6. The van der Waals surface area contributed by atoms with E-state index in [2.05, 4.69) is 54.2 Å². The minimum absolute atomic E-state index is 0.915. The molecule has 0 spiro atoms. The van der Waals surface area contributed by atoms with E-state index in [-0.39, 0.29) is 0 Å². The molecule has 0 aromatic carbocycles. The van der Waals surface area contributed by atoms with Gasteiger partial charge in [0.2, 0.25) is 0 Å². The molecule has 2 aliphatic rings. The number of fused-ring (bicyclic) bond motifs is 8. The SMILES string of the molecule is C1=Cc2cc3ccc(cc4nc(cc5ccc(cc1n2)[nH]5)C=C4)[nH]3.c1ccc(-c2ccccn2)nc1. The number of rotatable bonds is 1. The van der Waals surface area contributed by atoms with Crippen molar-refractivity contribution in [3.8, 4) is 11.4 Å². The maximum absolute atomic E-state index is 4.63. The summed E-state index contributed by atoms with van der Waals surface area (Å²) in [5.41, 5.74) is 9.69. The van der Waals surface area contributed by atoms with Crippen molar-refractivity contribution in [2.75, 3.05) is 0 Å². The van der Waals surface area contributed by atoms with Crippen LogP contribution in [0.5, 0.6) is 0 Å². The van der Waals surface area contributed by atoms with Gasteiger partial charge in [0.1, 0.15) is 0 Å². The van der Waals surface area contributed by atoms with Crippen LogP contribution in [0.25, 0.3) is 57.8 Å². The van der Waals surface area contributed by atoms with Gasteiger partial charge >= 0.3 is 0 Å². The Morgan fingerprint density at radius 1 is 0.417 bits per heavy atom. The van der Waals surface area contributed by atoms with Crippen molar-refractivity contribution in [3.63, 3.8) is 0 Å². The molecule has 0 aliphatic carbocycles. The van der Waals surface area contributed by atoms with E-state index in [1.54, 1.807) is 12.4 Å². The fourth-order valence-corrected chi connectivity index (χ4v) is 3.97. The average Bonchev–Trinajstić information content (AvgIpc) is 3.72. The maximum atomic E-state index is 4.63. The lowest BCUT2D eigenvalue weighted by Crippen LogP contribution is -1.83. The van der Waals surface area contributed by atoms with Crippen molar-refractivity contribution in [2.24, 2.45) is 0 Å². The van der Waals surface area contributed by atoms with Gasteiger partial charge in [-0.25, -0.2) is 9.97 Å². The number of hydrogen-bond acceptors (Lipinski definition) is 4. The maximum Gasteiger partial charge on any atom is 0.0886 e. The van der Waals surface area contributed by atoms with E-state index in [1.165, 1.54) is 0 Å². The second kappa shape index (κ2) is 9.64. The van der Waals surface area contributed by atoms with Crippen LogP contribution in [-0.2, 0) is 0 Å². The third-order valence-corrected chi connectivity index (χ3v) is 5.63. The smallest absolute Gasteiger partial charge is 0.0886 e. The Balaban J connectivity index is 0.000000168. The molecule has 0 unspecified atom stereocenters. The standard InChI is InChI=1S/C20H14N4.C10H8N2/c1-2-14-10-16-5-6-18(23-16)12-20-8-7-19(24-20)11-17-4-3-15(22-17)9-13(1)21-14;1-3-7-11-9(5-1)10-6-2-4-8-12-10/h1-12,21,24H;1-8H. The highest BCUT2D eigenvalue weighted by Crippen LogP contribution is 2.17. The third kappa shape index (κ3) is 5.03. The van der Waals surface area contributed by atoms with Crippen molar-refractivity contribution in [3.05, 3.63) is 120 Å². The Kier molecular flexibility index (Phi) is 5.74. The lowest BCUT2D eigenvalue weighted by Gasteiger charge is -1.96. The van der Waals surface area contributed by atoms with Crippen LogP contribution in [0.2, 0.25) is 0 Å². The lowest BCUT2D eigenvalue weighted by molar-refractivity contribution is 1.25. The fourth-order valence-electron chi connectivity index (χ4n) is 3.97. The summed E-state index contributed by atoms with van der Waals surface area (Å²) in [7, 11) is 0. The number of aromatic nitrogens is 6. The minimum Gasteiger partial charge on any atom is -0.355 e. The molecule has 6 heteroatoms. The summed E-state index contributed by atoms with van der Waals surface area (Å²) in [6.07, 6.45) is 11.6. The second-order valence-electron chi connectivity index (χ2n) is 8.34. The van der Waals surface area contributed by atoms with Crippen LogP contribution in [0.3, 0.4) is 0 Å². The monoisotopic (exact) mass is 466 g/mol. The topological polar surface area (TPSA) is 83.1 Å². The van der Waals surface area contributed by atoms with Crippen molar-refractivity contribution < 1.29 is 0 Å². The van der Waals surface area contributed by atoms with E-state index in [9.17, 15) is 0 Å². The van der Waals surface area contributed by atoms with Gasteiger partial charge in [-0.2, -0.15) is 0 Å². The zero-order valence-electron chi connectivity index (χ0n) is 19.3. The van der Waals surface area contributed by atoms with Crippen LogP contribution in [0.4, 0.5) is 0 Å². The highest BCUT2D eigenvalue weighted by atomic mass is 14.8. The van der Waals surface area contributed by atoms with E-state index in [0.717, 1.165) is 56.2 Å². The molecule has 0 saturated carbocycles. The summed E-state index contributed by atoms with van der Waals surface area (Å²) in [5, 5.41) is 0. The van der Waals surface area contributed by atoms with Gasteiger partial charge in [0.25, 0.3) is 0 Å². The number of aromatic amines is 2. The normalized spacial score (nSPS) is 11.7. The summed E-state index contributed by atoms with van der Waals surface area (Å²) < 4.78 is 0. The van der Waals surface area contributed by atoms with Crippen molar-refractivity contribution in [1.82, 2.24) is 29.9 Å². The minimum atomic E-state index is 0.915. The van der Waals surface area contributed by atoms with Crippen LogP contribution in [0, 0.1) is 0 Å². The Hall–Kier alpha value is -5.10. The van der Waals surface area contributed by atoms with Gasteiger partial charge in [-0.05, 0) is 97.1 Å². The molecule has 0 fully saturated rings. The fraction of sp³-hybridized carbons (Fsp3) is 0. The van der Waals surface area contributed by atoms with Crippen LogP contribution in [0.15, 0.2) is 97.3 Å². The summed E-state index contributed by atoms with van der Waals surface area (Å²) in [4.78, 5) is 24.4. The largest absolute Gasteiger partial charge is 0.355 e. The first-order valence-corrected chi connectivity index (χ1v) is 11.6. The van der Waals surface area contributed by atoms with E-state index in [0.29, 0.717) is 0 Å². The van der Waals surface area contributed by atoms with Crippen molar-refractivity contribution in [2.45, 2.75) is 0 Å². The molecule has 0 atom stereocenters. The molecule has 6 nitrogen and oxygen atoms in total. The molecule has 0 radical (unpaired) electrons. The van der Waals surface area contributed by atoms with Crippen LogP contribution in [0.1, 0.15) is 22.8 Å². The van der Waals surface area contributed by atoms with Crippen molar-refractivity contribution >= 4 is 46.4 Å². The van der Waals surface area contributed by atoms with Crippen LogP contribution in [-0.4, -0.2) is 29.9 Å². The molecule has 7 rings (SSSR count). The predicted octanol–water partition coefficient (Wildman–Crippen LogP) is 6.80. The third-order valence-electron chi connectivity index (χ3n) is 5.63. The zero-order valence-corrected chi connectivity index (χ0v) is 19.3. The molecular weight excluding hydrogens is 444 g/mol. The average molecular weight is 467 g/mol. The summed E-state index contributed by atoms with van der Waals surface area (Å²) in [6.45, 7) is 0. The highest BCUT2D eigenvalue weighted by Gasteiger charge is 2.01. The second-order valence-corrected chi connectivity index (χ2v) is 8.34. The number of hydrogen-bond donors (Lipinski definition) is 2. The van der Waals surface area contributed by atoms with Gasteiger partial charge in [0, 0.05) is 34.5 Å². The molecule has 5 aromatic rings. The molecule has 2 aliphatic heterocycles. The summed E-state index contributed by atoms with van der Waals surface area (Å²) >= 11 is 0.